The standard InChI is InChI=1S/C28H34N2O5/c1-3-12-28(26(32)33)13-15-30(16-14-28)25(31)17-19(2)29-27(34)35-18-24-22-10-6-4-8-20(22)21-9-5-7-11-23(21)24/h4-11,19,24H,3,12-18H2,1-2H3,(H,29,34)(H,32,33)/t19-/m1/s1. The van der Waals surface area contributed by atoms with Crippen LogP contribution in [0.15, 0.2) is 48.5 Å². The Hall–Kier alpha value is -3.35. The number of piperidine rings is 1. The Bertz CT molecular complexity index is 1040. The summed E-state index contributed by atoms with van der Waals surface area (Å²) in [4.78, 5) is 38.7. The molecule has 1 fully saturated rings. The first kappa shape index (κ1) is 24.8. The van der Waals surface area contributed by atoms with Crippen LogP contribution in [0.2, 0.25) is 0 Å². The van der Waals surface area contributed by atoms with Crippen molar-refractivity contribution < 1.29 is 24.2 Å². The van der Waals surface area contributed by atoms with Crippen LogP contribution in [-0.4, -0.2) is 53.7 Å². The van der Waals surface area contributed by atoms with E-state index >= 15 is 0 Å². The maximum atomic E-state index is 12.8. The molecular weight excluding hydrogens is 444 g/mol. The van der Waals surface area contributed by atoms with Crippen LogP contribution in [0.25, 0.3) is 11.1 Å². The van der Waals surface area contributed by atoms with Crippen molar-refractivity contribution in [3.8, 4) is 11.1 Å². The smallest absolute Gasteiger partial charge is 0.407 e. The number of ether oxygens (including phenoxy) is 1. The average Bonchev–Trinajstić information content (AvgIpc) is 3.17. The van der Waals surface area contributed by atoms with E-state index in [-0.39, 0.29) is 30.9 Å². The zero-order chi connectivity index (χ0) is 25.0. The maximum absolute atomic E-state index is 12.8. The lowest BCUT2D eigenvalue weighted by Crippen LogP contribution is -2.48. The third-order valence-electron chi connectivity index (χ3n) is 7.44. The number of alkyl carbamates (subject to hydrolysis) is 1. The number of carbonyl (C=O) groups is 3. The largest absolute Gasteiger partial charge is 0.481 e. The van der Waals surface area contributed by atoms with Crippen molar-refractivity contribution in [2.45, 2.75) is 57.9 Å². The quantitative estimate of drug-likeness (QED) is 0.568. The Morgan fingerprint density at radius 2 is 1.63 bits per heavy atom. The summed E-state index contributed by atoms with van der Waals surface area (Å²) < 4.78 is 5.58. The van der Waals surface area contributed by atoms with Gasteiger partial charge in [-0.05, 0) is 48.4 Å². The molecule has 35 heavy (non-hydrogen) atoms. The molecule has 0 saturated carbocycles. The number of likely N-dealkylation sites (tertiary alicyclic amines) is 1. The lowest BCUT2D eigenvalue weighted by Gasteiger charge is -2.39. The molecule has 0 radical (unpaired) electrons. The number of carbonyl (C=O) groups excluding carboxylic acids is 2. The number of amides is 2. The van der Waals surface area contributed by atoms with Gasteiger partial charge < -0.3 is 20.1 Å². The normalized spacial score (nSPS) is 17.3. The van der Waals surface area contributed by atoms with Crippen LogP contribution in [0, 0.1) is 5.41 Å². The molecule has 1 saturated heterocycles. The summed E-state index contributed by atoms with van der Waals surface area (Å²) in [7, 11) is 0. The van der Waals surface area contributed by atoms with E-state index < -0.39 is 17.5 Å². The summed E-state index contributed by atoms with van der Waals surface area (Å²) in [6.45, 7) is 4.85. The zero-order valence-electron chi connectivity index (χ0n) is 20.5. The van der Waals surface area contributed by atoms with Gasteiger partial charge in [0.2, 0.25) is 5.91 Å². The van der Waals surface area contributed by atoms with Gasteiger partial charge >= 0.3 is 12.1 Å². The molecule has 1 aliphatic carbocycles. The minimum atomic E-state index is -0.767. The average molecular weight is 479 g/mol. The van der Waals surface area contributed by atoms with Gasteiger partial charge in [0.1, 0.15) is 6.61 Å². The molecule has 2 aromatic carbocycles. The minimum absolute atomic E-state index is 0.0175. The van der Waals surface area contributed by atoms with Crippen LogP contribution < -0.4 is 5.32 Å². The number of carboxylic acids is 1. The summed E-state index contributed by atoms with van der Waals surface area (Å²) in [5, 5.41) is 12.4. The Kier molecular flexibility index (Phi) is 7.43. The van der Waals surface area contributed by atoms with Gasteiger partial charge in [-0.15, -0.1) is 0 Å². The fraction of sp³-hybridized carbons (Fsp3) is 0.464. The van der Waals surface area contributed by atoms with Gasteiger partial charge in [-0.2, -0.15) is 0 Å². The summed E-state index contributed by atoms with van der Waals surface area (Å²) in [5.74, 6) is -0.861. The fourth-order valence-electron chi connectivity index (χ4n) is 5.52. The van der Waals surface area contributed by atoms with Crippen LogP contribution in [-0.2, 0) is 14.3 Å². The van der Waals surface area contributed by atoms with Gasteiger partial charge in [0.05, 0.1) is 5.41 Å². The second-order valence-electron chi connectivity index (χ2n) is 9.79. The van der Waals surface area contributed by atoms with E-state index in [4.69, 9.17) is 4.74 Å². The van der Waals surface area contributed by atoms with Gasteiger partial charge in [0, 0.05) is 31.5 Å². The minimum Gasteiger partial charge on any atom is -0.481 e. The number of aliphatic carboxylic acids is 1. The molecular formula is C28H34N2O5. The number of nitrogens with one attached hydrogen (secondary N) is 1. The molecule has 1 aliphatic heterocycles. The molecule has 186 valence electrons. The van der Waals surface area contributed by atoms with Crippen molar-refractivity contribution in [3.63, 3.8) is 0 Å². The predicted molar refractivity (Wildman–Crippen MR) is 133 cm³/mol. The van der Waals surface area contributed by atoms with Crippen molar-refractivity contribution in [1.82, 2.24) is 10.2 Å². The van der Waals surface area contributed by atoms with E-state index in [0.29, 0.717) is 32.4 Å². The third-order valence-corrected chi connectivity index (χ3v) is 7.44. The number of rotatable bonds is 8. The lowest BCUT2D eigenvalue weighted by molar-refractivity contribution is -0.155. The first-order valence-corrected chi connectivity index (χ1v) is 12.5. The topological polar surface area (TPSA) is 95.9 Å². The molecule has 1 atom stereocenters. The third kappa shape index (κ3) is 5.19. The molecule has 0 unspecified atom stereocenters. The van der Waals surface area contributed by atoms with Crippen molar-refractivity contribution >= 4 is 18.0 Å². The van der Waals surface area contributed by atoms with Crippen LogP contribution in [0.4, 0.5) is 4.79 Å². The molecule has 0 aromatic heterocycles. The number of hydrogen-bond donors (Lipinski definition) is 2. The molecule has 2 N–H and O–H groups in total. The van der Waals surface area contributed by atoms with E-state index in [1.807, 2.05) is 31.2 Å². The zero-order valence-corrected chi connectivity index (χ0v) is 20.5. The maximum Gasteiger partial charge on any atom is 0.407 e. The highest BCUT2D eigenvalue weighted by atomic mass is 16.5. The molecule has 0 spiro atoms. The van der Waals surface area contributed by atoms with Crippen molar-refractivity contribution in [2.24, 2.45) is 5.41 Å². The monoisotopic (exact) mass is 478 g/mol. The molecule has 2 aliphatic rings. The number of carboxylic acid groups (broad SMARTS) is 1. The molecule has 2 amide bonds. The van der Waals surface area contributed by atoms with Gasteiger partial charge in [-0.3, -0.25) is 9.59 Å². The molecule has 7 heteroatoms. The molecule has 7 nitrogen and oxygen atoms in total. The highest BCUT2D eigenvalue weighted by Gasteiger charge is 2.41. The Balaban J connectivity index is 1.27. The van der Waals surface area contributed by atoms with Gasteiger partial charge in [-0.1, -0.05) is 61.9 Å². The number of hydrogen-bond acceptors (Lipinski definition) is 4. The van der Waals surface area contributed by atoms with Crippen molar-refractivity contribution in [3.05, 3.63) is 59.7 Å². The van der Waals surface area contributed by atoms with E-state index in [2.05, 4.69) is 29.6 Å². The Morgan fingerprint density at radius 3 is 2.17 bits per heavy atom. The SMILES string of the molecule is CCCC1(C(=O)O)CCN(C(=O)C[C@@H](C)NC(=O)OCC2c3ccccc3-c3ccccc32)CC1. The highest BCUT2D eigenvalue weighted by Crippen LogP contribution is 2.44. The van der Waals surface area contributed by atoms with Crippen LogP contribution in [0.1, 0.15) is 63.0 Å². The lowest BCUT2D eigenvalue weighted by atomic mass is 9.75. The summed E-state index contributed by atoms with van der Waals surface area (Å²) >= 11 is 0. The van der Waals surface area contributed by atoms with Crippen LogP contribution in [0.5, 0.6) is 0 Å². The molecule has 1 heterocycles. The van der Waals surface area contributed by atoms with E-state index in [9.17, 15) is 19.5 Å². The highest BCUT2D eigenvalue weighted by molar-refractivity contribution is 5.80. The molecule has 4 rings (SSSR count). The summed E-state index contributed by atoms with van der Waals surface area (Å²) in [6.07, 6.45) is 1.98. The van der Waals surface area contributed by atoms with E-state index in [0.717, 1.165) is 17.5 Å². The van der Waals surface area contributed by atoms with E-state index in [1.54, 1.807) is 11.8 Å². The first-order valence-electron chi connectivity index (χ1n) is 12.5. The summed E-state index contributed by atoms with van der Waals surface area (Å²) in [6, 6.07) is 15.9. The van der Waals surface area contributed by atoms with Gasteiger partial charge in [-0.25, -0.2) is 4.79 Å². The van der Waals surface area contributed by atoms with Crippen LogP contribution >= 0.6 is 0 Å². The molecule has 2 aromatic rings. The molecule has 0 bridgehead atoms. The second kappa shape index (κ2) is 10.5. The Morgan fingerprint density at radius 1 is 1.06 bits per heavy atom. The number of fused-ring (bicyclic) bond motifs is 3. The van der Waals surface area contributed by atoms with Gasteiger partial charge in [0.25, 0.3) is 0 Å². The summed E-state index contributed by atoms with van der Waals surface area (Å²) in [5.41, 5.74) is 3.91. The van der Waals surface area contributed by atoms with E-state index in [1.165, 1.54) is 11.1 Å². The predicted octanol–water partition coefficient (Wildman–Crippen LogP) is 4.80. The Labute approximate surface area is 206 Å². The van der Waals surface area contributed by atoms with Crippen molar-refractivity contribution in [1.29, 1.82) is 0 Å². The van der Waals surface area contributed by atoms with Crippen molar-refractivity contribution in [2.75, 3.05) is 19.7 Å². The second-order valence-corrected chi connectivity index (χ2v) is 9.79. The van der Waals surface area contributed by atoms with Crippen LogP contribution in [0.3, 0.4) is 0 Å². The number of nitrogens with zero attached hydrogens (tertiary/aromatic N) is 1. The fourth-order valence-corrected chi connectivity index (χ4v) is 5.52. The first-order chi connectivity index (χ1) is 16.8. The number of benzene rings is 2. The van der Waals surface area contributed by atoms with Gasteiger partial charge in [0.15, 0.2) is 0 Å².